The summed E-state index contributed by atoms with van der Waals surface area (Å²) < 4.78 is 0. The molecule has 1 aliphatic carbocycles. The van der Waals surface area contributed by atoms with Crippen molar-refractivity contribution in [2.75, 3.05) is 0 Å². The van der Waals surface area contributed by atoms with Crippen LogP contribution >= 0.6 is 15.9 Å². The Kier molecular flexibility index (Phi) is 4.42. The SMILES string of the molecule is CC(C)C(Br)C(=O)NC(C)C1CCC1. The summed E-state index contributed by atoms with van der Waals surface area (Å²) in [6.07, 6.45) is 3.87. The van der Waals surface area contributed by atoms with Crippen molar-refractivity contribution in [3.05, 3.63) is 0 Å². The predicted molar refractivity (Wildman–Crippen MR) is 62.5 cm³/mol. The van der Waals surface area contributed by atoms with Gasteiger partial charge in [0.05, 0.1) is 4.83 Å². The molecule has 1 fully saturated rings. The van der Waals surface area contributed by atoms with Gasteiger partial charge in [0, 0.05) is 6.04 Å². The first-order valence-corrected chi connectivity index (χ1v) is 6.38. The number of nitrogens with one attached hydrogen (secondary N) is 1. The Balaban J connectivity index is 2.31. The van der Waals surface area contributed by atoms with Gasteiger partial charge in [0.25, 0.3) is 0 Å². The van der Waals surface area contributed by atoms with E-state index in [1.165, 1.54) is 19.3 Å². The van der Waals surface area contributed by atoms with Crippen LogP contribution in [0.2, 0.25) is 0 Å². The second-order valence-electron chi connectivity index (χ2n) is 4.63. The molecule has 2 nitrogen and oxygen atoms in total. The van der Waals surface area contributed by atoms with E-state index in [1.807, 2.05) is 13.8 Å². The van der Waals surface area contributed by atoms with Crippen LogP contribution in [0.3, 0.4) is 0 Å². The van der Waals surface area contributed by atoms with E-state index in [4.69, 9.17) is 0 Å². The fourth-order valence-electron chi connectivity index (χ4n) is 1.66. The maximum atomic E-state index is 11.7. The first-order chi connectivity index (χ1) is 6.52. The number of hydrogen-bond acceptors (Lipinski definition) is 1. The Morgan fingerprint density at radius 1 is 1.36 bits per heavy atom. The Morgan fingerprint density at radius 3 is 2.29 bits per heavy atom. The van der Waals surface area contributed by atoms with Crippen molar-refractivity contribution in [1.82, 2.24) is 5.32 Å². The summed E-state index contributed by atoms with van der Waals surface area (Å²) in [5.74, 6) is 1.20. The third kappa shape index (κ3) is 2.97. The molecule has 1 amide bonds. The van der Waals surface area contributed by atoms with E-state index >= 15 is 0 Å². The average molecular weight is 262 g/mol. The average Bonchev–Trinajstić information content (AvgIpc) is 1.98. The van der Waals surface area contributed by atoms with Crippen LogP contribution in [0.15, 0.2) is 0 Å². The van der Waals surface area contributed by atoms with E-state index in [0.29, 0.717) is 17.9 Å². The molecule has 82 valence electrons. The third-order valence-corrected chi connectivity index (χ3v) is 4.54. The minimum Gasteiger partial charge on any atom is -0.352 e. The van der Waals surface area contributed by atoms with E-state index in [2.05, 4.69) is 28.2 Å². The molecule has 0 saturated heterocycles. The van der Waals surface area contributed by atoms with Crippen LogP contribution in [0.25, 0.3) is 0 Å². The Morgan fingerprint density at radius 2 is 1.93 bits per heavy atom. The smallest absolute Gasteiger partial charge is 0.234 e. The van der Waals surface area contributed by atoms with Crippen molar-refractivity contribution < 1.29 is 4.79 Å². The largest absolute Gasteiger partial charge is 0.352 e. The zero-order valence-electron chi connectivity index (χ0n) is 9.22. The second kappa shape index (κ2) is 5.15. The number of amides is 1. The minimum atomic E-state index is -0.0509. The Bertz CT molecular complexity index is 201. The summed E-state index contributed by atoms with van der Waals surface area (Å²) in [6, 6.07) is 0.343. The van der Waals surface area contributed by atoms with Gasteiger partial charge in [0.1, 0.15) is 0 Å². The first-order valence-electron chi connectivity index (χ1n) is 5.46. The number of alkyl halides is 1. The van der Waals surface area contributed by atoms with E-state index < -0.39 is 0 Å². The molecule has 0 spiro atoms. The van der Waals surface area contributed by atoms with Gasteiger partial charge < -0.3 is 5.32 Å². The van der Waals surface area contributed by atoms with Crippen molar-refractivity contribution >= 4 is 21.8 Å². The number of halogens is 1. The van der Waals surface area contributed by atoms with Gasteiger partial charge in [0.2, 0.25) is 5.91 Å². The van der Waals surface area contributed by atoms with Crippen molar-refractivity contribution in [2.24, 2.45) is 11.8 Å². The van der Waals surface area contributed by atoms with E-state index in [9.17, 15) is 4.79 Å². The molecule has 1 saturated carbocycles. The molecule has 2 unspecified atom stereocenters. The van der Waals surface area contributed by atoms with Gasteiger partial charge in [-0.05, 0) is 31.6 Å². The van der Waals surface area contributed by atoms with Crippen LogP contribution in [0.4, 0.5) is 0 Å². The van der Waals surface area contributed by atoms with Crippen LogP contribution in [-0.2, 0) is 4.79 Å². The zero-order chi connectivity index (χ0) is 10.7. The monoisotopic (exact) mass is 261 g/mol. The van der Waals surface area contributed by atoms with Crippen LogP contribution in [-0.4, -0.2) is 16.8 Å². The number of carbonyl (C=O) groups excluding carboxylic acids is 1. The highest BCUT2D eigenvalue weighted by atomic mass is 79.9. The lowest BCUT2D eigenvalue weighted by molar-refractivity contribution is -0.122. The summed E-state index contributed by atoms with van der Waals surface area (Å²) in [4.78, 5) is 11.6. The molecule has 2 atom stereocenters. The fourth-order valence-corrected chi connectivity index (χ4v) is 1.80. The molecule has 0 heterocycles. The van der Waals surface area contributed by atoms with Crippen molar-refractivity contribution in [3.63, 3.8) is 0 Å². The molecule has 0 aromatic carbocycles. The number of rotatable bonds is 4. The molecular formula is C11H20BrNO. The normalized spacial score (nSPS) is 21.5. The highest BCUT2D eigenvalue weighted by molar-refractivity contribution is 9.10. The van der Waals surface area contributed by atoms with Gasteiger partial charge in [-0.15, -0.1) is 0 Å². The molecule has 14 heavy (non-hydrogen) atoms. The third-order valence-electron chi connectivity index (χ3n) is 3.06. The maximum absolute atomic E-state index is 11.7. The van der Waals surface area contributed by atoms with Crippen LogP contribution in [0.5, 0.6) is 0 Å². The van der Waals surface area contributed by atoms with E-state index in [0.717, 1.165) is 0 Å². The fraction of sp³-hybridized carbons (Fsp3) is 0.909. The van der Waals surface area contributed by atoms with Crippen molar-refractivity contribution in [1.29, 1.82) is 0 Å². The van der Waals surface area contributed by atoms with Crippen molar-refractivity contribution in [3.8, 4) is 0 Å². The lowest BCUT2D eigenvalue weighted by atomic mass is 9.80. The molecular weight excluding hydrogens is 242 g/mol. The summed E-state index contributed by atoms with van der Waals surface area (Å²) in [5.41, 5.74) is 0. The van der Waals surface area contributed by atoms with E-state index in [-0.39, 0.29) is 10.7 Å². The topological polar surface area (TPSA) is 29.1 Å². The molecule has 0 aromatic heterocycles. The summed E-state index contributed by atoms with van der Waals surface area (Å²) in [6.45, 7) is 6.21. The first kappa shape index (κ1) is 12.0. The van der Waals surface area contributed by atoms with Gasteiger partial charge in [-0.3, -0.25) is 4.79 Å². The van der Waals surface area contributed by atoms with Gasteiger partial charge in [-0.1, -0.05) is 36.2 Å². The highest BCUT2D eigenvalue weighted by Crippen LogP contribution is 2.29. The highest BCUT2D eigenvalue weighted by Gasteiger charge is 2.27. The van der Waals surface area contributed by atoms with Gasteiger partial charge in [0.15, 0.2) is 0 Å². The van der Waals surface area contributed by atoms with Crippen molar-refractivity contribution in [2.45, 2.75) is 50.9 Å². The standard InChI is InChI=1S/C11H20BrNO/c1-7(2)10(12)11(14)13-8(3)9-5-4-6-9/h7-10H,4-6H2,1-3H3,(H,13,14). The van der Waals surface area contributed by atoms with Crippen LogP contribution in [0, 0.1) is 11.8 Å². The Hall–Kier alpha value is -0.0500. The molecule has 1 N–H and O–H groups in total. The lowest BCUT2D eigenvalue weighted by Crippen LogP contribution is -2.44. The Labute approximate surface area is 95.0 Å². The minimum absolute atomic E-state index is 0.0509. The van der Waals surface area contributed by atoms with Gasteiger partial charge in [-0.25, -0.2) is 0 Å². The zero-order valence-corrected chi connectivity index (χ0v) is 10.8. The molecule has 3 heteroatoms. The number of hydrogen-bond donors (Lipinski definition) is 1. The maximum Gasteiger partial charge on any atom is 0.234 e. The predicted octanol–water partition coefficient (Wildman–Crippen LogP) is 2.71. The summed E-state index contributed by atoms with van der Waals surface area (Å²) in [7, 11) is 0. The summed E-state index contributed by atoms with van der Waals surface area (Å²) in [5, 5.41) is 3.08. The second-order valence-corrected chi connectivity index (χ2v) is 5.62. The molecule has 0 aliphatic heterocycles. The van der Waals surface area contributed by atoms with Crippen LogP contribution < -0.4 is 5.32 Å². The molecule has 0 bridgehead atoms. The summed E-state index contributed by atoms with van der Waals surface area (Å²) >= 11 is 3.41. The van der Waals surface area contributed by atoms with Crippen LogP contribution in [0.1, 0.15) is 40.0 Å². The number of carbonyl (C=O) groups is 1. The lowest BCUT2D eigenvalue weighted by Gasteiger charge is -2.32. The molecule has 0 radical (unpaired) electrons. The van der Waals surface area contributed by atoms with Gasteiger partial charge in [-0.2, -0.15) is 0 Å². The molecule has 1 rings (SSSR count). The van der Waals surface area contributed by atoms with Gasteiger partial charge >= 0.3 is 0 Å². The molecule has 1 aliphatic rings. The van der Waals surface area contributed by atoms with E-state index in [1.54, 1.807) is 0 Å². The quantitative estimate of drug-likeness (QED) is 0.775. The molecule has 0 aromatic rings.